The fraction of sp³-hybridized carbons (Fsp3) is 0.167. The maximum Gasteiger partial charge on any atom is 0.115 e. The molecular weight excluding hydrogens is 114 g/mol. The molecule has 9 heavy (non-hydrogen) atoms. The van der Waals surface area contributed by atoms with Gasteiger partial charge >= 0.3 is 0 Å². The van der Waals surface area contributed by atoms with E-state index in [1.54, 1.807) is 18.0 Å². The second-order valence-corrected chi connectivity index (χ2v) is 1.57. The number of hydrogen-bond donors (Lipinski definition) is 1. The van der Waals surface area contributed by atoms with Crippen molar-refractivity contribution in [3.63, 3.8) is 0 Å². The van der Waals surface area contributed by atoms with Gasteiger partial charge in [0.1, 0.15) is 6.34 Å². The highest BCUT2D eigenvalue weighted by molar-refractivity contribution is 5.57. The molecule has 0 bridgehead atoms. The van der Waals surface area contributed by atoms with Crippen LogP contribution in [0.15, 0.2) is 30.0 Å². The van der Waals surface area contributed by atoms with E-state index >= 15 is 0 Å². The predicted molar refractivity (Wildman–Crippen MR) is 39.8 cm³/mol. The first-order valence-electron chi connectivity index (χ1n) is 2.50. The van der Waals surface area contributed by atoms with E-state index in [0.717, 1.165) is 5.70 Å². The van der Waals surface area contributed by atoms with Crippen molar-refractivity contribution in [3.05, 3.63) is 24.9 Å². The van der Waals surface area contributed by atoms with Crippen molar-refractivity contribution in [2.75, 3.05) is 7.05 Å². The van der Waals surface area contributed by atoms with Gasteiger partial charge in [0.05, 0.1) is 0 Å². The number of likely N-dealkylation sites (N-methyl/N-ethyl adjacent to an activating group) is 1. The minimum absolute atomic E-state index is 0.768. The maximum absolute atomic E-state index is 4.87. The van der Waals surface area contributed by atoms with E-state index in [4.69, 9.17) is 5.84 Å². The average molecular weight is 125 g/mol. The van der Waals surface area contributed by atoms with Crippen molar-refractivity contribution in [2.24, 2.45) is 10.9 Å². The SMILES string of the molecule is C=CC(=C)N(C)/C=N\N. The van der Waals surface area contributed by atoms with Gasteiger partial charge in [0.15, 0.2) is 0 Å². The lowest BCUT2D eigenvalue weighted by Crippen LogP contribution is -2.13. The van der Waals surface area contributed by atoms with Crippen LogP contribution in [-0.2, 0) is 0 Å². The van der Waals surface area contributed by atoms with E-state index < -0.39 is 0 Å². The van der Waals surface area contributed by atoms with Crippen molar-refractivity contribution < 1.29 is 0 Å². The monoisotopic (exact) mass is 125 g/mol. The van der Waals surface area contributed by atoms with Crippen molar-refractivity contribution in [1.29, 1.82) is 0 Å². The minimum atomic E-state index is 0.768. The van der Waals surface area contributed by atoms with Crippen LogP contribution in [0, 0.1) is 0 Å². The van der Waals surface area contributed by atoms with Crippen LogP contribution in [0.2, 0.25) is 0 Å². The van der Waals surface area contributed by atoms with Crippen molar-refractivity contribution >= 4 is 6.34 Å². The van der Waals surface area contributed by atoms with Crippen LogP contribution in [0.4, 0.5) is 0 Å². The zero-order chi connectivity index (χ0) is 7.28. The Kier molecular flexibility index (Phi) is 3.20. The minimum Gasteiger partial charge on any atom is -0.335 e. The average Bonchev–Trinajstić information content (AvgIpc) is 1.87. The number of nitrogens with zero attached hydrogens (tertiary/aromatic N) is 2. The van der Waals surface area contributed by atoms with Gasteiger partial charge in [-0.25, -0.2) is 0 Å². The van der Waals surface area contributed by atoms with Crippen molar-refractivity contribution in [1.82, 2.24) is 4.90 Å². The Morgan fingerprint density at radius 2 is 2.33 bits per heavy atom. The largest absolute Gasteiger partial charge is 0.335 e. The number of hydrogen-bond acceptors (Lipinski definition) is 2. The molecule has 0 fully saturated rings. The lowest BCUT2D eigenvalue weighted by molar-refractivity contribution is 0.668. The third-order valence-corrected chi connectivity index (χ3v) is 0.929. The van der Waals surface area contributed by atoms with Crippen LogP contribution in [0.5, 0.6) is 0 Å². The summed E-state index contributed by atoms with van der Waals surface area (Å²) in [6.45, 7) is 7.17. The van der Waals surface area contributed by atoms with Gasteiger partial charge in [0, 0.05) is 12.7 Å². The first-order chi connectivity index (χ1) is 4.22. The van der Waals surface area contributed by atoms with Gasteiger partial charge in [0.2, 0.25) is 0 Å². The third kappa shape index (κ3) is 2.54. The van der Waals surface area contributed by atoms with Crippen LogP contribution < -0.4 is 5.84 Å². The Bertz CT molecular complexity index is 137. The Hall–Kier alpha value is -1.25. The zero-order valence-corrected chi connectivity index (χ0v) is 5.54. The van der Waals surface area contributed by atoms with Gasteiger partial charge < -0.3 is 10.7 Å². The summed E-state index contributed by atoms with van der Waals surface area (Å²) in [6.07, 6.45) is 3.09. The second kappa shape index (κ2) is 3.72. The molecule has 2 N–H and O–H groups in total. The predicted octanol–water partition coefficient (Wildman–Crippen LogP) is 0.520. The summed E-state index contributed by atoms with van der Waals surface area (Å²) in [5, 5.41) is 3.30. The van der Waals surface area contributed by atoms with E-state index in [1.165, 1.54) is 6.34 Å². The summed E-state index contributed by atoms with van der Waals surface area (Å²) in [5.41, 5.74) is 0.768. The lowest BCUT2D eigenvalue weighted by Gasteiger charge is -2.10. The standard InChI is InChI=1S/C6H11N3/c1-4-6(2)9(3)5-8-7/h4-5H,1-2,7H2,3H3/b8-5-. The summed E-state index contributed by atoms with van der Waals surface area (Å²) >= 11 is 0. The van der Waals surface area contributed by atoms with E-state index in [1.807, 2.05) is 0 Å². The van der Waals surface area contributed by atoms with Crippen LogP contribution in [0.3, 0.4) is 0 Å². The molecule has 0 heterocycles. The smallest absolute Gasteiger partial charge is 0.115 e. The number of allylic oxidation sites excluding steroid dienone is 1. The number of hydrazone groups is 1. The summed E-state index contributed by atoms with van der Waals surface area (Å²) in [4.78, 5) is 1.67. The van der Waals surface area contributed by atoms with Gasteiger partial charge in [-0.05, 0) is 6.08 Å². The maximum atomic E-state index is 4.87. The highest BCUT2D eigenvalue weighted by Crippen LogP contribution is 1.93. The number of rotatable bonds is 3. The van der Waals surface area contributed by atoms with E-state index in [2.05, 4.69) is 18.3 Å². The van der Waals surface area contributed by atoms with Crippen LogP contribution in [0.25, 0.3) is 0 Å². The van der Waals surface area contributed by atoms with Crippen molar-refractivity contribution in [3.8, 4) is 0 Å². The van der Waals surface area contributed by atoms with Gasteiger partial charge in [-0.1, -0.05) is 13.2 Å². The molecule has 0 rings (SSSR count). The van der Waals surface area contributed by atoms with Crippen LogP contribution in [0.1, 0.15) is 0 Å². The Labute approximate surface area is 55.1 Å². The molecule has 3 heteroatoms. The molecule has 0 radical (unpaired) electrons. The molecule has 0 amide bonds. The fourth-order valence-electron chi connectivity index (χ4n) is 0.318. The summed E-state index contributed by atoms with van der Waals surface area (Å²) in [5.74, 6) is 4.87. The molecule has 0 atom stereocenters. The molecule has 50 valence electrons. The first-order valence-corrected chi connectivity index (χ1v) is 2.50. The molecule has 0 aromatic carbocycles. The van der Waals surface area contributed by atoms with Crippen molar-refractivity contribution in [2.45, 2.75) is 0 Å². The molecule has 0 saturated heterocycles. The molecule has 0 saturated carbocycles. The van der Waals surface area contributed by atoms with E-state index in [0.29, 0.717) is 0 Å². The summed E-state index contributed by atoms with van der Waals surface area (Å²) < 4.78 is 0. The highest BCUT2D eigenvalue weighted by Gasteiger charge is 1.89. The van der Waals surface area contributed by atoms with Gasteiger partial charge in [-0.2, -0.15) is 5.10 Å². The molecule has 0 spiro atoms. The zero-order valence-electron chi connectivity index (χ0n) is 5.54. The van der Waals surface area contributed by atoms with E-state index in [-0.39, 0.29) is 0 Å². The molecule has 0 unspecified atom stereocenters. The van der Waals surface area contributed by atoms with Crippen LogP contribution >= 0.6 is 0 Å². The highest BCUT2D eigenvalue weighted by atomic mass is 15.2. The fourth-order valence-corrected chi connectivity index (χ4v) is 0.318. The molecule has 0 aromatic rings. The quantitative estimate of drug-likeness (QED) is 0.196. The first kappa shape index (κ1) is 7.75. The Morgan fingerprint density at radius 1 is 1.78 bits per heavy atom. The lowest BCUT2D eigenvalue weighted by atomic mass is 10.4. The molecular formula is C6H11N3. The summed E-state index contributed by atoms with van der Waals surface area (Å²) in [6, 6.07) is 0. The Morgan fingerprint density at radius 3 is 2.67 bits per heavy atom. The Balaban J connectivity index is 3.87. The van der Waals surface area contributed by atoms with Gasteiger partial charge in [-0.15, -0.1) is 0 Å². The third-order valence-electron chi connectivity index (χ3n) is 0.929. The molecule has 0 aromatic heterocycles. The molecule has 0 aliphatic heterocycles. The molecule has 3 nitrogen and oxygen atoms in total. The topological polar surface area (TPSA) is 41.6 Å². The molecule has 0 aliphatic carbocycles. The normalized spacial score (nSPS) is 9.44. The van der Waals surface area contributed by atoms with E-state index in [9.17, 15) is 0 Å². The molecule has 0 aliphatic rings. The van der Waals surface area contributed by atoms with Gasteiger partial charge in [0.25, 0.3) is 0 Å². The summed E-state index contributed by atoms with van der Waals surface area (Å²) in [7, 11) is 1.79. The number of nitrogens with two attached hydrogens (primary N) is 1. The van der Waals surface area contributed by atoms with Gasteiger partial charge in [-0.3, -0.25) is 0 Å². The second-order valence-electron chi connectivity index (χ2n) is 1.57. The van der Waals surface area contributed by atoms with Crippen LogP contribution in [-0.4, -0.2) is 18.3 Å².